The molecule has 5 rings (SSSR count). The molecule has 2 aromatic rings. The maximum Gasteiger partial charge on any atom is 0.159 e. The van der Waals surface area contributed by atoms with Crippen molar-refractivity contribution in [1.29, 1.82) is 0 Å². The molecule has 4 nitrogen and oxygen atoms in total. The number of ketones is 1. The summed E-state index contributed by atoms with van der Waals surface area (Å²) in [6.45, 7) is 1.79. The van der Waals surface area contributed by atoms with E-state index in [0.717, 1.165) is 31.8 Å². The second-order valence-corrected chi connectivity index (χ2v) is 7.89. The Labute approximate surface area is 147 Å². The molecular formula is C21H24N2O2. The van der Waals surface area contributed by atoms with Gasteiger partial charge in [0.15, 0.2) is 5.78 Å². The van der Waals surface area contributed by atoms with Gasteiger partial charge in [-0.3, -0.25) is 4.79 Å². The maximum atomic E-state index is 11.4. The van der Waals surface area contributed by atoms with Crippen molar-refractivity contribution in [3.05, 3.63) is 47.4 Å². The minimum absolute atomic E-state index is 0.203. The molecule has 2 unspecified atom stereocenters. The SMILES string of the molecule is CN1CC(COC2=CC(=O)CC2)CC2c3cccc4[nH]cc(c34)C[C@H]21. The summed E-state index contributed by atoms with van der Waals surface area (Å²) >= 11 is 0. The number of H-pyrrole nitrogens is 1. The highest BCUT2D eigenvalue weighted by Crippen LogP contribution is 2.44. The molecule has 1 N–H and O–H groups in total. The maximum absolute atomic E-state index is 11.4. The molecule has 4 heteroatoms. The highest BCUT2D eigenvalue weighted by molar-refractivity contribution is 5.92. The number of aromatic nitrogens is 1. The average Bonchev–Trinajstić information content (AvgIpc) is 3.21. The summed E-state index contributed by atoms with van der Waals surface area (Å²) in [5.41, 5.74) is 4.22. The van der Waals surface area contributed by atoms with Gasteiger partial charge in [0.25, 0.3) is 0 Å². The first kappa shape index (κ1) is 15.2. The molecule has 3 atom stereocenters. The second kappa shape index (κ2) is 5.73. The van der Waals surface area contributed by atoms with E-state index in [2.05, 4.69) is 41.3 Å². The van der Waals surface area contributed by atoms with Crippen LogP contribution in [0.25, 0.3) is 10.9 Å². The number of carbonyl (C=O) groups excluding carboxylic acids is 1. The topological polar surface area (TPSA) is 45.3 Å². The highest BCUT2D eigenvalue weighted by atomic mass is 16.5. The van der Waals surface area contributed by atoms with Gasteiger partial charge in [-0.05, 0) is 37.1 Å². The van der Waals surface area contributed by atoms with Crippen molar-refractivity contribution in [2.45, 2.75) is 37.6 Å². The van der Waals surface area contributed by atoms with Crippen molar-refractivity contribution >= 4 is 16.7 Å². The van der Waals surface area contributed by atoms with Gasteiger partial charge in [0.1, 0.15) is 0 Å². The predicted octanol–water partition coefficient (Wildman–Crippen LogP) is 3.39. The smallest absolute Gasteiger partial charge is 0.159 e. The number of piperidine rings is 1. The molecule has 130 valence electrons. The number of benzene rings is 1. The Kier molecular flexibility index (Phi) is 3.49. The van der Waals surface area contributed by atoms with E-state index in [0.29, 0.717) is 24.3 Å². The summed E-state index contributed by atoms with van der Waals surface area (Å²) in [6.07, 6.45) is 7.56. The van der Waals surface area contributed by atoms with Crippen molar-refractivity contribution in [3.8, 4) is 0 Å². The zero-order valence-corrected chi connectivity index (χ0v) is 14.6. The molecule has 2 heterocycles. The van der Waals surface area contributed by atoms with Crippen molar-refractivity contribution in [1.82, 2.24) is 9.88 Å². The number of hydrogen-bond acceptors (Lipinski definition) is 3. The van der Waals surface area contributed by atoms with Gasteiger partial charge in [-0.25, -0.2) is 0 Å². The summed E-state index contributed by atoms with van der Waals surface area (Å²) in [4.78, 5) is 17.3. The normalized spacial score (nSPS) is 28.9. The molecule has 1 aliphatic heterocycles. The lowest BCUT2D eigenvalue weighted by molar-refractivity contribution is -0.114. The summed E-state index contributed by atoms with van der Waals surface area (Å²) in [5, 5.41) is 1.45. The first-order chi connectivity index (χ1) is 12.2. The average molecular weight is 336 g/mol. The monoisotopic (exact) mass is 336 g/mol. The van der Waals surface area contributed by atoms with Crippen molar-refractivity contribution < 1.29 is 9.53 Å². The van der Waals surface area contributed by atoms with Crippen LogP contribution in [0.3, 0.4) is 0 Å². The van der Waals surface area contributed by atoms with E-state index in [4.69, 9.17) is 4.74 Å². The molecule has 2 aliphatic carbocycles. The number of carbonyl (C=O) groups is 1. The fourth-order valence-corrected chi connectivity index (χ4v) is 5.08. The molecule has 1 fully saturated rings. The van der Waals surface area contributed by atoms with Gasteiger partial charge in [0.2, 0.25) is 0 Å². The van der Waals surface area contributed by atoms with Gasteiger partial charge in [0.05, 0.1) is 12.4 Å². The lowest BCUT2D eigenvalue weighted by atomic mass is 9.72. The first-order valence-electron chi connectivity index (χ1n) is 9.34. The molecule has 0 amide bonds. The number of ether oxygens (including phenoxy) is 1. The van der Waals surface area contributed by atoms with E-state index >= 15 is 0 Å². The Morgan fingerprint density at radius 2 is 2.24 bits per heavy atom. The number of nitrogens with zero attached hydrogens (tertiary/aromatic N) is 1. The number of nitrogens with one attached hydrogen (secondary N) is 1. The standard InChI is InChI=1S/C21H24N2O2/c1-23-11-13(12-25-16-6-5-15(24)9-16)7-18-17-3-2-4-19-21(17)14(10-22-19)8-20(18)23/h2-4,9-10,13,18,20,22H,5-8,11-12H2,1H3/t13?,18?,20-/m1/s1. The van der Waals surface area contributed by atoms with Gasteiger partial charge in [0, 0.05) is 60.4 Å². The fourth-order valence-electron chi connectivity index (χ4n) is 5.08. The number of rotatable bonds is 3. The summed E-state index contributed by atoms with van der Waals surface area (Å²) < 4.78 is 5.98. The zero-order valence-electron chi connectivity index (χ0n) is 14.6. The Balaban J connectivity index is 1.39. The van der Waals surface area contributed by atoms with Gasteiger partial charge in [-0.2, -0.15) is 0 Å². The quantitative estimate of drug-likeness (QED) is 0.934. The van der Waals surface area contributed by atoms with E-state index in [1.807, 2.05) is 0 Å². The van der Waals surface area contributed by atoms with Crippen LogP contribution in [0.5, 0.6) is 0 Å². The number of allylic oxidation sites excluding steroid dienone is 2. The number of likely N-dealkylation sites (tertiary alicyclic amines) is 1. The molecule has 1 aromatic carbocycles. The summed E-state index contributed by atoms with van der Waals surface area (Å²) in [5.74, 6) is 2.17. The molecule has 3 aliphatic rings. The summed E-state index contributed by atoms with van der Waals surface area (Å²) in [7, 11) is 2.25. The van der Waals surface area contributed by atoms with E-state index in [-0.39, 0.29) is 5.78 Å². The summed E-state index contributed by atoms with van der Waals surface area (Å²) in [6, 6.07) is 7.25. The van der Waals surface area contributed by atoms with Gasteiger partial charge < -0.3 is 14.6 Å². The third-order valence-electron chi connectivity index (χ3n) is 6.26. The van der Waals surface area contributed by atoms with Crippen LogP contribution in [0.4, 0.5) is 0 Å². The van der Waals surface area contributed by atoms with Crippen LogP contribution >= 0.6 is 0 Å². The third-order valence-corrected chi connectivity index (χ3v) is 6.26. The van der Waals surface area contributed by atoms with Crippen molar-refractivity contribution in [2.24, 2.45) is 5.92 Å². The minimum atomic E-state index is 0.203. The van der Waals surface area contributed by atoms with Gasteiger partial charge >= 0.3 is 0 Å². The zero-order chi connectivity index (χ0) is 17.0. The number of aromatic amines is 1. The molecule has 0 radical (unpaired) electrons. The molecule has 25 heavy (non-hydrogen) atoms. The van der Waals surface area contributed by atoms with E-state index < -0.39 is 0 Å². The van der Waals surface area contributed by atoms with Crippen LogP contribution in [0.2, 0.25) is 0 Å². The molecular weight excluding hydrogens is 312 g/mol. The fraction of sp³-hybridized carbons (Fsp3) is 0.476. The van der Waals surface area contributed by atoms with Gasteiger partial charge in [-0.1, -0.05) is 12.1 Å². The molecule has 0 saturated carbocycles. The van der Waals surface area contributed by atoms with Gasteiger partial charge in [-0.15, -0.1) is 0 Å². The predicted molar refractivity (Wildman–Crippen MR) is 97.5 cm³/mol. The van der Waals surface area contributed by atoms with Crippen molar-refractivity contribution in [3.63, 3.8) is 0 Å². The lowest BCUT2D eigenvalue weighted by Crippen LogP contribution is -2.48. The van der Waals surface area contributed by atoms with E-state index in [1.165, 1.54) is 28.5 Å². The molecule has 0 bridgehead atoms. The number of likely N-dealkylation sites (N-methyl/N-ethyl adjacent to an activating group) is 1. The van der Waals surface area contributed by atoms with Crippen LogP contribution in [0.15, 0.2) is 36.2 Å². The Morgan fingerprint density at radius 3 is 3.08 bits per heavy atom. The largest absolute Gasteiger partial charge is 0.497 e. The van der Waals surface area contributed by atoms with E-state index in [1.54, 1.807) is 6.08 Å². The Morgan fingerprint density at radius 1 is 1.32 bits per heavy atom. The van der Waals surface area contributed by atoms with Crippen LogP contribution in [0.1, 0.15) is 36.3 Å². The van der Waals surface area contributed by atoms with E-state index in [9.17, 15) is 4.79 Å². The first-order valence-corrected chi connectivity index (χ1v) is 9.34. The molecule has 1 aromatic heterocycles. The third kappa shape index (κ3) is 2.51. The van der Waals surface area contributed by atoms with Crippen LogP contribution in [0, 0.1) is 5.92 Å². The Hall–Kier alpha value is -2.07. The minimum Gasteiger partial charge on any atom is -0.497 e. The molecule has 1 saturated heterocycles. The molecule has 0 spiro atoms. The van der Waals surface area contributed by atoms with Crippen LogP contribution in [-0.2, 0) is 16.0 Å². The second-order valence-electron chi connectivity index (χ2n) is 7.89. The van der Waals surface area contributed by atoms with Crippen LogP contribution < -0.4 is 0 Å². The number of hydrogen-bond donors (Lipinski definition) is 1. The number of fused-ring (bicyclic) bond motifs is 2. The highest BCUT2D eigenvalue weighted by Gasteiger charge is 2.39. The Bertz CT molecular complexity index is 866. The van der Waals surface area contributed by atoms with Crippen LogP contribution in [-0.4, -0.2) is 41.9 Å². The van der Waals surface area contributed by atoms with Crippen molar-refractivity contribution in [2.75, 3.05) is 20.2 Å². The lowest BCUT2D eigenvalue weighted by Gasteiger charge is -2.45.